The van der Waals surface area contributed by atoms with Crippen LogP contribution in [0.3, 0.4) is 0 Å². The van der Waals surface area contributed by atoms with E-state index in [1.807, 2.05) is 12.1 Å². The van der Waals surface area contributed by atoms with Gasteiger partial charge in [-0.1, -0.05) is 12.1 Å². The first-order valence-corrected chi connectivity index (χ1v) is 9.00. The lowest BCUT2D eigenvalue weighted by Crippen LogP contribution is -2.44. The van der Waals surface area contributed by atoms with Crippen LogP contribution in [0.1, 0.15) is 19.8 Å². The summed E-state index contributed by atoms with van der Waals surface area (Å²) in [5.74, 6) is 0.151. The third-order valence-corrected chi connectivity index (χ3v) is 5.73. The minimum Gasteiger partial charge on any atom is -0.495 e. The molecule has 1 fully saturated rings. The molecule has 22 heavy (non-hydrogen) atoms. The van der Waals surface area contributed by atoms with E-state index in [9.17, 15) is 13.2 Å². The maximum atomic E-state index is 12.4. The first-order valence-electron chi connectivity index (χ1n) is 7.39. The Morgan fingerprint density at radius 2 is 2.14 bits per heavy atom. The van der Waals surface area contributed by atoms with Crippen LogP contribution in [0, 0.1) is 5.92 Å². The highest BCUT2D eigenvalue weighted by Gasteiger charge is 2.31. The molecule has 0 aromatic heterocycles. The van der Waals surface area contributed by atoms with Gasteiger partial charge in [0.25, 0.3) is 0 Å². The Morgan fingerprint density at radius 3 is 2.82 bits per heavy atom. The van der Waals surface area contributed by atoms with E-state index < -0.39 is 10.0 Å². The molecular formula is C15H22N2O4S. The fourth-order valence-electron chi connectivity index (χ4n) is 2.57. The lowest BCUT2D eigenvalue weighted by molar-refractivity contribution is -0.120. The van der Waals surface area contributed by atoms with Crippen LogP contribution in [0.2, 0.25) is 0 Å². The number of ether oxygens (including phenoxy) is 1. The van der Waals surface area contributed by atoms with Gasteiger partial charge in [0.05, 0.1) is 24.5 Å². The van der Waals surface area contributed by atoms with Crippen molar-refractivity contribution < 1.29 is 17.9 Å². The summed E-state index contributed by atoms with van der Waals surface area (Å²) >= 11 is 0. The normalized spacial score (nSPS) is 19.6. The zero-order chi connectivity index (χ0) is 16.2. The maximum Gasteiger partial charge on any atom is 0.228 e. The summed E-state index contributed by atoms with van der Waals surface area (Å²) in [6, 6.07) is 7.17. The Hall–Kier alpha value is -1.60. The number of anilines is 1. The Kier molecular flexibility index (Phi) is 5.42. The number of hydrogen-bond acceptors (Lipinski definition) is 4. The first-order chi connectivity index (χ1) is 10.5. The molecule has 2 rings (SSSR count). The highest BCUT2D eigenvalue weighted by Crippen LogP contribution is 2.26. The molecule has 1 N–H and O–H groups in total. The lowest BCUT2D eigenvalue weighted by Gasteiger charge is -2.31. The van der Waals surface area contributed by atoms with Crippen molar-refractivity contribution in [1.29, 1.82) is 0 Å². The van der Waals surface area contributed by atoms with Gasteiger partial charge in [0.2, 0.25) is 15.9 Å². The number of amides is 1. The van der Waals surface area contributed by atoms with Crippen LogP contribution in [0.5, 0.6) is 5.75 Å². The molecule has 1 saturated heterocycles. The quantitative estimate of drug-likeness (QED) is 0.893. The molecule has 1 aliphatic heterocycles. The largest absolute Gasteiger partial charge is 0.495 e. The van der Waals surface area contributed by atoms with Gasteiger partial charge in [-0.15, -0.1) is 0 Å². The number of methoxy groups -OCH3 is 1. The molecule has 122 valence electrons. The van der Waals surface area contributed by atoms with E-state index in [4.69, 9.17) is 4.74 Å². The van der Waals surface area contributed by atoms with Crippen molar-refractivity contribution >= 4 is 21.6 Å². The number of benzene rings is 1. The number of nitrogens with zero attached hydrogens (tertiary/aromatic N) is 1. The summed E-state index contributed by atoms with van der Waals surface area (Å²) in [6.07, 6.45) is 1.39. The summed E-state index contributed by atoms with van der Waals surface area (Å²) in [7, 11) is -1.70. The molecule has 1 aromatic rings. The number of nitrogens with one attached hydrogen (secondary N) is 1. The summed E-state index contributed by atoms with van der Waals surface area (Å²) in [5.41, 5.74) is 0.602. The van der Waals surface area contributed by atoms with E-state index in [0.29, 0.717) is 30.8 Å². The fraction of sp³-hybridized carbons (Fsp3) is 0.533. The molecule has 0 spiro atoms. The molecule has 1 aromatic carbocycles. The molecule has 0 radical (unpaired) electrons. The van der Waals surface area contributed by atoms with Gasteiger partial charge in [0, 0.05) is 13.1 Å². The Bertz CT molecular complexity index is 630. The van der Waals surface area contributed by atoms with E-state index in [1.54, 1.807) is 26.2 Å². The number of rotatable bonds is 5. The molecule has 1 amide bonds. The van der Waals surface area contributed by atoms with Crippen molar-refractivity contribution in [3.05, 3.63) is 24.3 Å². The number of carbonyl (C=O) groups is 1. The number of para-hydroxylation sites is 2. The van der Waals surface area contributed by atoms with Crippen LogP contribution >= 0.6 is 0 Å². The molecule has 0 saturated carbocycles. The van der Waals surface area contributed by atoms with Gasteiger partial charge >= 0.3 is 0 Å². The van der Waals surface area contributed by atoms with Crippen molar-refractivity contribution in [3.8, 4) is 5.75 Å². The van der Waals surface area contributed by atoms with Crippen LogP contribution in [-0.4, -0.2) is 44.6 Å². The van der Waals surface area contributed by atoms with Crippen molar-refractivity contribution in [1.82, 2.24) is 4.31 Å². The molecule has 1 atom stereocenters. The third-order valence-electron chi connectivity index (χ3n) is 3.88. The third kappa shape index (κ3) is 3.78. The predicted molar refractivity (Wildman–Crippen MR) is 85.4 cm³/mol. The number of hydrogen-bond donors (Lipinski definition) is 1. The highest BCUT2D eigenvalue weighted by atomic mass is 32.2. The average Bonchev–Trinajstić information content (AvgIpc) is 2.55. The smallest absolute Gasteiger partial charge is 0.228 e. The van der Waals surface area contributed by atoms with Crippen molar-refractivity contribution in [2.45, 2.75) is 19.8 Å². The van der Waals surface area contributed by atoms with Gasteiger partial charge in [-0.3, -0.25) is 4.79 Å². The van der Waals surface area contributed by atoms with Crippen LogP contribution in [0.15, 0.2) is 24.3 Å². The monoisotopic (exact) mass is 326 g/mol. The number of carbonyl (C=O) groups excluding carboxylic acids is 1. The van der Waals surface area contributed by atoms with E-state index in [-0.39, 0.29) is 24.1 Å². The summed E-state index contributed by atoms with van der Waals surface area (Å²) in [5, 5.41) is 2.84. The molecule has 1 unspecified atom stereocenters. The van der Waals surface area contributed by atoms with Crippen LogP contribution in [-0.2, 0) is 14.8 Å². The van der Waals surface area contributed by atoms with Gasteiger partial charge in [0.15, 0.2) is 0 Å². The number of piperidine rings is 1. The molecule has 1 aliphatic rings. The van der Waals surface area contributed by atoms with Crippen LogP contribution in [0.4, 0.5) is 5.69 Å². The topological polar surface area (TPSA) is 75.7 Å². The van der Waals surface area contributed by atoms with Gasteiger partial charge in [-0.2, -0.15) is 0 Å². The lowest BCUT2D eigenvalue weighted by atomic mass is 9.98. The minimum absolute atomic E-state index is 0.0633. The zero-order valence-corrected chi connectivity index (χ0v) is 13.7. The summed E-state index contributed by atoms with van der Waals surface area (Å²) in [4.78, 5) is 12.4. The standard InChI is InChI=1S/C15H22N2O4S/c1-3-22(19,20)17-10-6-7-12(11-17)15(18)16-13-8-4-5-9-14(13)21-2/h4-5,8-9,12H,3,6-7,10-11H2,1-2H3,(H,16,18). The minimum atomic E-state index is -3.24. The van der Waals surface area contributed by atoms with Gasteiger partial charge < -0.3 is 10.1 Å². The zero-order valence-electron chi connectivity index (χ0n) is 12.9. The van der Waals surface area contributed by atoms with Crippen molar-refractivity contribution in [2.75, 3.05) is 31.3 Å². The molecular weight excluding hydrogens is 304 g/mol. The van der Waals surface area contributed by atoms with Crippen LogP contribution < -0.4 is 10.1 Å². The fourth-order valence-corrected chi connectivity index (χ4v) is 3.75. The van der Waals surface area contributed by atoms with Crippen LogP contribution in [0.25, 0.3) is 0 Å². The molecule has 6 nitrogen and oxygen atoms in total. The van der Waals surface area contributed by atoms with E-state index in [2.05, 4.69) is 5.32 Å². The van der Waals surface area contributed by atoms with Crippen molar-refractivity contribution in [3.63, 3.8) is 0 Å². The Morgan fingerprint density at radius 1 is 1.41 bits per heavy atom. The van der Waals surface area contributed by atoms with Crippen molar-refractivity contribution in [2.24, 2.45) is 5.92 Å². The first kappa shape index (κ1) is 16.8. The predicted octanol–water partition coefficient (Wildman–Crippen LogP) is 1.70. The summed E-state index contributed by atoms with van der Waals surface area (Å²) in [6.45, 7) is 2.36. The summed E-state index contributed by atoms with van der Waals surface area (Å²) < 4.78 is 30.5. The van der Waals surface area contributed by atoms with Gasteiger partial charge in [-0.05, 0) is 31.9 Å². The average molecular weight is 326 g/mol. The molecule has 1 heterocycles. The Balaban J connectivity index is 2.06. The van der Waals surface area contributed by atoms with E-state index >= 15 is 0 Å². The molecule has 7 heteroatoms. The molecule has 0 aliphatic carbocycles. The highest BCUT2D eigenvalue weighted by molar-refractivity contribution is 7.89. The SMILES string of the molecule is CCS(=O)(=O)N1CCCC(C(=O)Nc2ccccc2OC)C1. The van der Waals surface area contributed by atoms with E-state index in [0.717, 1.165) is 0 Å². The Labute approximate surface area is 131 Å². The molecule has 0 bridgehead atoms. The second-order valence-electron chi connectivity index (χ2n) is 5.29. The number of sulfonamides is 1. The van der Waals surface area contributed by atoms with E-state index in [1.165, 1.54) is 4.31 Å². The second-order valence-corrected chi connectivity index (χ2v) is 7.54. The maximum absolute atomic E-state index is 12.4. The second kappa shape index (κ2) is 7.11. The van der Waals surface area contributed by atoms with Gasteiger partial charge in [-0.25, -0.2) is 12.7 Å². The van der Waals surface area contributed by atoms with Gasteiger partial charge in [0.1, 0.15) is 5.75 Å².